The van der Waals surface area contributed by atoms with Crippen LogP contribution in [-0.4, -0.2) is 353 Å². The normalized spacial score (nSPS) is 25.9. The number of ether oxygens (including phenoxy) is 7. The number of aliphatic hydroxyl groups is 9. The summed E-state index contributed by atoms with van der Waals surface area (Å²) in [5, 5.41) is 107. The van der Waals surface area contributed by atoms with Crippen LogP contribution in [-0.2, 0) is 104 Å². The van der Waals surface area contributed by atoms with Crippen LogP contribution in [0, 0.1) is 11.8 Å². The maximum atomic E-state index is 14.0. The highest BCUT2D eigenvalue weighted by Crippen LogP contribution is 2.44. The SMILES string of the molecule is CCCN(CCOP(=O)(O)OCCN(CCOP(=O)(O)OCCN(CCO[C@@H]1CCCC(C2CCCCC2)CC1)C(=O)CCCCCNC(=O)CCCCCOC1OC(CO)C(O)C(O)C1NC(C)=O)C(=O)CCCCCNC(=O)CCCCCOC1OC(CO)C(O)C(O)C1NC(C)=O)C(=O)CCCCCNC(=O)CCCCCOC1OC(CO)C(O)C(O)C1NC(C)=O. The number of carbonyl (C=O) groups excluding carboxylic acids is 9. The van der Waals surface area contributed by atoms with Crippen molar-refractivity contribution in [2.45, 2.75) is 350 Å². The fraction of sp³-hybridized carbons (Fsp3) is 0.895. The summed E-state index contributed by atoms with van der Waals surface area (Å²) in [7, 11) is -9.67. The van der Waals surface area contributed by atoms with Gasteiger partial charge in [-0.2, -0.15) is 0 Å². The molecule has 9 amide bonds. The molecule has 130 heavy (non-hydrogen) atoms. The van der Waals surface area contributed by atoms with Crippen molar-refractivity contribution in [1.82, 2.24) is 46.6 Å². The second-order valence-corrected chi connectivity index (χ2v) is 37.3. The average Bonchev–Trinajstić information content (AvgIpc) is 0.854. The lowest BCUT2D eigenvalue weighted by molar-refractivity contribution is -0.270. The third kappa shape index (κ3) is 46.1. The summed E-state index contributed by atoms with van der Waals surface area (Å²) in [5.74, 6) is -1.42. The Morgan fingerprint density at radius 3 is 0.962 bits per heavy atom. The van der Waals surface area contributed by atoms with Crippen molar-refractivity contribution in [3.05, 3.63) is 0 Å². The minimum Gasteiger partial charge on any atom is -0.394 e. The van der Waals surface area contributed by atoms with Crippen molar-refractivity contribution in [2.75, 3.05) is 132 Å². The summed E-state index contributed by atoms with van der Waals surface area (Å²) < 4.78 is 88.8. The molecule has 19 atom stereocenters. The van der Waals surface area contributed by atoms with E-state index in [9.17, 15) is 108 Å². The average molecular weight is 1910 g/mol. The van der Waals surface area contributed by atoms with E-state index in [-0.39, 0.29) is 140 Å². The number of amides is 9. The van der Waals surface area contributed by atoms with Crippen LogP contribution in [0.1, 0.15) is 252 Å². The Balaban J connectivity index is 1.07. The molecule has 3 saturated heterocycles. The van der Waals surface area contributed by atoms with Gasteiger partial charge in [0.25, 0.3) is 0 Å². The lowest BCUT2D eigenvalue weighted by Crippen LogP contribution is -2.64. The van der Waals surface area contributed by atoms with Crippen molar-refractivity contribution in [1.29, 1.82) is 0 Å². The highest BCUT2D eigenvalue weighted by molar-refractivity contribution is 7.47. The molecule has 754 valence electrons. The fourth-order valence-corrected chi connectivity index (χ4v) is 18.0. The van der Waals surface area contributed by atoms with Crippen molar-refractivity contribution < 1.29 is 159 Å². The predicted octanol–water partition coefficient (Wildman–Crippen LogP) is 2.29. The van der Waals surface area contributed by atoms with E-state index in [0.717, 1.165) is 31.6 Å². The minimum atomic E-state index is -4.86. The first-order chi connectivity index (χ1) is 62.3. The van der Waals surface area contributed by atoms with Crippen LogP contribution in [0.4, 0.5) is 0 Å². The molecule has 5 fully saturated rings. The summed E-state index contributed by atoms with van der Waals surface area (Å²) in [6, 6.07) is -3.19. The van der Waals surface area contributed by atoms with Crippen molar-refractivity contribution in [3.8, 4) is 0 Å². The van der Waals surface area contributed by atoms with Crippen LogP contribution in [0.15, 0.2) is 0 Å². The molecule has 5 aliphatic rings. The quantitative estimate of drug-likeness (QED) is 0.0236. The molecule has 0 aromatic carbocycles. The molecule has 2 aliphatic carbocycles. The number of carbonyl (C=O) groups is 9. The summed E-state index contributed by atoms with van der Waals surface area (Å²) >= 11 is 0. The Morgan fingerprint density at radius 2 is 0.638 bits per heavy atom. The van der Waals surface area contributed by atoms with E-state index < -0.39 is 171 Å². The maximum Gasteiger partial charge on any atom is 0.472 e. The van der Waals surface area contributed by atoms with Gasteiger partial charge in [-0.05, 0) is 115 Å². The predicted molar refractivity (Wildman–Crippen MR) is 470 cm³/mol. The van der Waals surface area contributed by atoms with Crippen molar-refractivity contribution >= 4 is 68.8 Å². The van der Waals surface area contributed by atoms with Gasteiger partial charge >= 0.3 is 15.6 Å². The first kappa shape index (κ1) is 115. The summed E-state index contributed by atoms with van der Waals surface area (Å²) in [4.78, 5) is 141. The van der Waals surface area contributed by atoms with Gasteiger partial charge in [-0.25, -0.2) is 9.13 Å². The van der Waals surface area contributed by atoms with Gasteiger partial charge in [0.1, 0.15) is 73.1 Å². The van der Waals surface area contributed by atoms with E-state index in [1.807, 2.05) is 6.92 Å². The molecule has 0 aromatic rings. The van der Waals surface area contributed by atoms with Crippen LogP contribution < -0.4 is 31.9 Å². The third-order valence-corrected chi connectivity index (χ3v) is 26.0. The molecule has 3 aliphatic heterocycles. The Morgan fingerprint density at radius 1 is 0.338 bits per heavy atom. The monoisotopic (exact) mass is 1910 g/mol. The highest BCUT2D eigenvalue weighted by Gasteiger charge is 2.48. The largest absolute Gasteiger partial charge is 0.472 e. The number of unbranched alkanes of at least 4 members (excludes halogenated alkanes) is 12. The molecule has 42 nitrogen and oxygen atoms in total. The topological polar surface area (TPSA) is 594 Å². The van der Waals surface area contributed by atoms with Crippen LogP contribution in [0.5, 0.6) is 0 Å². The molecule has 3 heterocycles. The maximum absolute atomic E-state index is 14.0. The first-order valence-corrected chi connectivity index (χ1v) is 50.3. The second kappa shape index (κ2) is 65.5. The number of nitrogens with one attached hydrogen (secondary N) is 6. The van der Waals surface area contributed by atoms with Gasteiger partial charge in [0, 0.05) is 138 Å². The molecule has 18 unspecified atom stereocenters. The number of nitrogens with zero attached hydrogens (tertiary/aromatic N) is 3. The Bertz CT molecular complexity index is 3330. The van der Waals surface area contributed by atoms with Gasteiger partial charge in [-0.1, -0.05) is 90.4 Å². The third-order valence-electron chi connectivity index (χ3n) is 23.9. The molecule has 0 radical (unpaired) electrons. The molecule has 2 saturated carbocycles. The molecule has 0 bridgehead atoms. The van der Waals surface area contributed by atoms with E-state index in [0.29, 0.717) is 154 Å². The van der Waals surface area contributed by atoms with Gasteiger partial charge in [-0.3, -0.25) is 61.2 Å². The summed E-state index contributed by atoms with van der Waals surface area (Å²) in [6.45, 7) is 3.51. The molecular formula is C86H157N9O33P2. The lowest BCUT2D eigenvalue weighted by Gasteiger charge is -2.42. The van der Waals surface area contributed by atoms with E-state index >= 15 is 0 Å². The number of phosphoric ester groups is 2. The summed E-state index contributed by atoms with van der Waals surface area (Å²) in [6.07, 6.45) is 7.42. The van der Waals surface area contributed by atoms with E-state index in [2.05, 4.69) is 31.9 Å². The van der Waals surface area contributed by atoms with Crippen LogP contribution in [0.3, 0.4) is 0 Å². The van der Waals surface area contributed by atoms with E-state index in [1.54, 1.807) is 0 Å². The number of hydrogen-bond acceptors (Lipinski definition) is 31. The van der Waals surface area contributed by atoms with E-state index in [4.69, 9.17) is 51.3 Å². The number of hydrogen-bond donors (Lipinski definition) is 17. The molecule has 0 aromatic heterocycles. The zero-order valence-electron chi connectivity index (χ0n) is 76.9. The van der Waals surface area contributed by atoms with Crippen LogP contribution in [0.2, 0.25) is 0 Å². The van der Waals surface area contributed by atoms with Crippen LogP contribution >= 0.6 is 15.6 Å². The first-order valence-electron chi connectivity index (χ1n) is 47.3. The zero-order valence-corrected chi connectivity index (χ0v) is 78.7. The van der Waals surface area contributed by atoms with Gasteiger partial charge in [0.2, 0.25) is 53.2 Å². The Labute approximate surface area is 765 Å². The molecule has 0 spiro atoms. The van der Waals surface area contributed by atoms with E-state index in [1.165, 1.54) is 74.0 Å². The number of rotatable bonds is 68. The van der Waals surface area contributed by atoms with Crippen LogP contribution in [0.25, 0.3) is 0 Å². The zero-order chi connectivity index (χ0) is 95.2. The standard InChI is InChI=1S/C86H157N9O33P2/c1-5-43-93(72(105)35-18-7-21-40-87-69(102)32-15-10-24-49-119-84-75(90-60(2)99)81(111)78(108)66(57-96)126-84)45-53-122-129(114,115)124-55-47-95(74(107)37-20-9-23-42-89-71(104)34-17-12-26-51-121-86-77(92-62(4)101)83(113)80(110)68(59-98)128-86)48-56-125-130(116,117)123-54-46-94(44-52-118-65-31-27-30-64(38-39-65)63-28-13-6-14-29-63)73(106)36-19-8-22-41-88-70(103)33-16-11-25-50-120-85-76(91-61(3)100)82(112)79(109)67(58-97)127-85/h63-68,75-86,96-98,108-113H,5-59H2,1-4H3,(H,87,102)(H,88,103)(H,89,104)(H,90,99)(H,91,100)(H,92,101)(H,114,115)(H,116,117)/t64?,65-,66?,67?,68?,75?,76?,77?,78?,79?,80?,81?,82?,83?,84?,85?,86?/m1/s1. The lowest BCUT2D eigenvalue weighted by atomic mass is 9.77. The minimum absolute atomic E-state index is 0.0268. The molecular weight excluding hydrogens is 1750 g/mol. The Kier molecular flexibility index (Phi) is 58.1. The van der Waals surface area contributed by atoms with Crippen molar-refractivity contribution in [2.24, 2.45) is 11.8 Å². The molecule has 5 rings (SSSR count). The number of aliphatic hydroxyl groups excluding tert-OH is 9. The second-order valence-electron chi connectivity index (χ2n) is 34.4. The fourth-order valence-electron chi connectivity index (χ4n) is 16.7. The van der Waals surface area contributed by atoms with Gasteiger partial charge in [0.05, 0.1) is 59.0 Å². The van der Waals surface area contributed by atoms with Gasteiger partial charge < -0.3 is 136 Å². The molecule has 44 heteroatoms. The van der Waals surface area contributed by atoms with Crippen molar-refractivity contribution in [3.63, 3.8) is 0 Å². The smallest absolute Gasteiger partial charge is 0.394 e. The Hall–Kier alpha value is -5.19. The van der Waals surface area contributed by atoms with Gasteiger partial charge in [-0.15, -0.1) is 0 Å². The summed E-state index contributed by atoms with van der Waals surface area (Å²) in [5.41, 5.74) is 0. The highest BCUT2D eigenvalue weighted by atomic mass is 31.2. The number of phosphoric acid groups is 2. The van der Waals surface area contributed by atoms with Gasteiger partial charge in [0.15, 0.2) is 18.9 Å². The molecule has 17 N–H and O–H groups in total.